The molecule has 0 bridgehead atoms. The van der Waals surface area contributed by atoms with Gasteiger partial charge in [-0.25, -0.2) is 4.98 Å². The van der Waals surface area contributed by atoms with Gasteiger partial charge in [0.1, 0.15) is 0 Å². The number of aromatic amines is 1. The Hall–Kier alpha value is -6.00. The molecule has 0 amide bonds. The Morgan fingerprint density at radius 1 is 0.583 bits per heavy atom. The Morgan fingerprint density at radius 2 is 1.35 bits per heavy atom. The van der Waals surface area contributed by atoms with Crippen LogP contribution in [-0.4, -0.2) is 19.7 Å². The average Bonchev–Trinajstić information content (AvgIpc) is 3.80. The Bertz CT molecular complexity index is 2380. The number of aromatic nitrogens is 4. The number of para-hydroxylation sites is 1. The van der Waals surface area contributed by atoms with E-state index in [1.807, 2.05) is 6.07 Å². The van der Waals surface area contributed by atoms with E-state index in [1.165, 1.54) is 55.7 Å². The lowest BCUT2D eigenvalue weighted by Gasteiger charge is -2.19. The number of benzene rings is 5. The van der Waals surface area contributed by atoms with Crippen LogP contribution in [0.3, 0.4) is 0 Å². The van der Waals surface area contributed by atoms with Gasteiger partial charge >= 0.3 is 0 Å². The van der Waals surface area contributed by atoms with Gasteiger partial charge in [0, 0.05) is 33.3 Å². The smallest absolute Gasteiger partial charge is 0.181 e. The van der Waals surface area contributed by atoms with E-state index in [4.69, 9.17) is 4.98 Å². The quantitative estimate of drug-likeness (QED) is 0.202. The van der Waals surface area contributed by atoms with E-state index >= 15 is 0 Å². The summed E-state index contributed by atoms with van der Waals surface area (Å²) in [6, 6.07) is 43.4. The molecule has 0 aliphatic heterocycles. The van der Waals surface area contributed by atoms with Gasteiger partial charge in [0.15, 0.2) is 11.6 Å². The van der Waals surface area contributed by atoms with Crippen LogP contribution < -0.4 is 0 Å². The number of rotatable bonds is 6. The van der Waals surface area contributed by atoms with Crippen LogP contribution in [0.2, 0.25) is 0 Å². The molecule has 4 heteroatoms. The first kappa shape index (κ1) is 28.2. The molecule has 2 aromatic heterocycles. The van der Waals surface area contributed by atoms with Gasteiger partial charge in [-0.2, -0.15) is 5.10 Å². The van der Waals surface area contributed by atoms with Gasteiger partial charge in [0.25, 0.3) is 0 Å². The Morgan fingerprint density at radius 3 is 2.23 bits per heavy atom. The predicted molar refractivity (Wildman–Crippen MR) is 199 cm³/mol. The van der Waals surface area contributed by atoms with Crippen molar-refractivity contribution in [3.63, 3.8) is 0 Å². The van der Waals surface area contributed by atoms with Crippen molar-refractivity contribution in [2.75, 3.05) is 0 Å². The van der Waals surface area contributed by atoms with Gasteiger partial charge in [-0.05, 0) is 77.8 Å². The van der Waals surface area contributed by atoms with Crippen LogP contribution in [0.1, 0.15) is 36.1 Å². The van der Waals surface area contributed by atoms with Crippen molar-refractivity contribution in [3.8, 4) is 50.7 Å². The highest BCUT2D eigenvalue weighted by molar-refractivity contribution is 5.95. The lowest BCUT2D eigenvalue weighted by Crippen LogP contribution is -2.05. The third-order valence-corrected chi connectivity index (χ3v) is 9.60. The van der Waals surface area contributed by atoms with Crippen LogP contribution >= 0.6 is 0 Å². The number of H-pyrrole nitrogens is 1. The summed E-state index contributed by atoms with van der Waals surface area (Å²) in [6.45, 7) is 0. The maximum atomic E-state index is 4.91. The standard InChI is InChI=1S/C44H34N4/c1-3-12-30(13-4-1)34-16-11-17-36(28-34)44-45-43(46-47-44)33-24-22-32(23-25-33)39-29-35(31-14-5-2-6-15-31)26-27-42(39)48-40-20-9-7-18-37(40)38-19-8-10-21-41(38)48/h1,3-5,7-9,11-20,22-29H,2,6,10,21H2,(H,45,46,47). The number of nitrogens with one attached hydrogen (secondary N) is 1. The van der Waals surface area contributed by atoms with Gasteiger partial charge in [0.05, 0.1) is 11.2 Å². The zero-order chi connectivity index (χ0) is 31.9. The Kier molecular flexibility index (Phi) is 7.05. The summed E-state index contributed by atoms with van der Waals surface area (Å²) in [5, 5.41) is 9.10. The van der Waals surface area contributed by atoms with E-state index in [0.29, 0.717) is 5.82 Å². The van der Waals surface area contributed by atoms with Gasteiger partial charge in [-0.1, -0.05) is 127 Å². The highest BCUT2D eigenvalue weighted by atomic mass is 15.2. The molecular formula is C44H34N4. The third-order valence-electron chi connectivity index (χ3n) is 9.60. The second-order valence-corrected chi connectivity index (χ2v) is 12.6. The van der Waals surface area contributed by atoms with Gasteiger partial charge in [-0.15, -0.1) is 0 Å². The topological polar surface area (TPSA) is 46.5 Å². The number of fused-ring (bicyclic) bond motifs is 3. The molecule has 48 heavy (non-hydrogen) atoms. The maximum absolute atomic E-state index is 4.91. The first-order chi connectivity index (χ1) is 23.8. The molecule has 0 spiro atoms. The Labute approximate surface area is 280 Å². The van der Waals surface area contributed by atoms with Crippen LogP contribution in [0.4, 0.5) is 0 Å². The van der Waals surface area contributed by atoms with Crippen molar-refractivity contribution in [1.82, 2.24) is 19.7 Å². The summed E-state index contributed by atoms with van der Waals surface area (Å²) in [5.41, 5.74) is 14.4. The lowest BCUT2D eigenvalue weighted by atomic mass is 9.94. The number of allylic oxidation sites excluding steroid dienone is 5. The fourth-order valence-corrected chi connectivity index (χ4v) is 7.21. The molecule has 0 fully saturated rings. The van der Waals surface area contributed by atoms with E-state index in [0.717, 1.165) is 48.2 Å². The second-order valence-electron chi connectivity index (χ2n) is 12.6. The zero-order valence-corrected chi connectivity index (χ0v) is 26.6. The molecule has 7 aromatic rings. The molecule has 0 radical (unpaired) electrons. The number of hydrogen-bond acceptors (Lipinski definition) is 2. The summed E-state index contributed by atoms with van der Waals surface area (Å²) >= 11 is 0. The van der Waals surface area contributed by atoms with E-state index < -0.39 is 0 Å². The summed E-state index contributed by atoms with van der Waals surface area (Å²) in [6.07, 6.45) is 15.8. The normalized spacial score (nSPS) is 13.9. The molecule has 2 aliphatic carbocycles. The van der Waals surface area contributed by atoms with Gasteiger partial charge in [0.2, 0.25) is 0 Å². The zero-order valence-electron chi connectivity index (χ0n) is 26.6. The van der Waals surface area contributed by atoms with Crippen molar-refractivity contribution < 1.29 is 0 Å². The third kappa shape index (κ3) is 5.03. The average molecular weight is 619 g/mol. The van der Waals surface area contributed by atoms with Crippen molar-refractivity contribution >= 4 is 22.6 Å². The van der Waals surface area contributed by atoms with E-state index in [2.05, 4.69) is 160 Å². The second kappa shape index (κ2) is 12.0. The highest BCUT2D eigenvalue weighted by Gasteiger charge is 2.21. The minimum Gasteiger partial charge on any atom is -0.312 e. The van der Waals surface area contributed by atoms with E-state index in [-0.39, 0.29) is 0 Å². The van der Waals surface area contributed by atoms with Crippen molar-refractivity contribution in [1.29, 1.82) is 0 Å². The number of hydrogen-bond donors (Lipinski definition) is 1. The summed E-state index contributed by atoms with van der Waals surface area (Å²) in [5.74, 6) is 1.44. The lowest BCUT2D eigenvalue weighted by molar-refractivity contribution is 0.889. The monoisotopic (exact) mass is 618 g/mol. The molecular weight excluding hydrogens is 585 g/mol. The molecule has 2 heterocycles. The molecule has 0 saturated heterocycles. The molecule has 9 rings (SSSR count). The summed E-state index contributed by atoms with van der Waals surface area (Å²) < 4.78 is 2.50. The molecule has 0 saturated carbocycles. The van der Waals surface area contributed by atoms with Crippen LogP contribution in [0.5, 0.6) is 0 Å². The van der Waals surface area contributed by atoms with E-state index in [9.17, 15) is 0 Å². The minimum atomic E-state index is 0.689. The van der Waals surface area contributed by atoms with Gasteiger partial charge in [-0.3, -0.25) is 5.10 Å². The number of nitrogens with zero attached hydrogens (tertiary/aromatic N) is 3. The summed E-state index contributed by atoms with van der Waals surface area (Å²) in [7, 11) is 0. The minimum absolute atomic E-state index is 0.689. The molecule has 1 N–H and O–H groups in total. The predicted octanol–water partition coefficient (Wildman–Crippen LogP) is 11.1. The Balaban J connectivity index is 1.11. The first-order valence-corrected chi connectivity index (χ1v) is 16.8. The molecule has 2 aliphatic rings. The van der Waals surface area contributed by atoms with Crippen molar-refractivity contribution in [3.05, 3.63) is 162 Å². The fourth-order valence-electron chi connectivity index (χ4n) is 7.21. The van der Waals surface area contributed by atoms with Crippen molar-refractivity contribution in [2.24, 2.45) is 0 Å². The van der Waals surface area contributed by atoms with E-state index in [1.54, 1.807) is 0 Å². The highest BCUT2D eigenvalue weighted by Crippen LogP contribution is 2.39. The van der Waals surface area contributed by atoms with Gasteiger partial charge < -0.3 is 4.57 Å². The SMILES string of the molecule is C1=CC(c2ccc(-n3c4c(c5ccccc53)C=CCC4)c(-c3ccc(-c4nc(-c5cccc(-c6ccccc6)c5)n[nH]4)cc3)c2)=CCC1. The molecule has 4 nitrogen and oxygen atoms in total. The molecule has 5 aromatic carbocycles. The van der Waals surface area contributed by atoms with Crippen LogP contribution in [0.15, 0.2) is 146 Å². The first-order valence-electron chi connectivity index (χ1n) is 16.8. The van der Waals surface area contributed by atoms with Crippen LogP contribution in [0.25, 0.3) is 73.3 Å². The molecule has 0 atom stereocenters. The van der Waals surface area contributed by atoms with Crippen LogP contribution in [0, 0.1) is 0 Å². The molecule has 230 valence electrons. The fraction of sp³-hybridized carbons (Fsp3) is 0.0909. The molecule has 0 unspecified atom stereocenters. The van der Waals surface area contributed by atoms with Crippen molar-refractivity contribution in [2.45, 2.75) is 25.7 Å². The van der Waals surface area contributed by atoms with Crippen LogP contribution in [-0.2, 0) is 6.42 Å². The summed E-state index contributed by atoms with van der Waals surface area (Å²) in [4.78, 5) is 4.91. The maximum Gasteiger partial charge on any atom is 0.181 e. The largest absolute Gasteiger partial charge is 0.312 e.